The van der Waals surface area contributed by atoms with E-state index in [1.807, 2.05) is 35.2 Å². The van der Waals surface area contributed by atoms with Crippen LogP contribution in [0.2, 0.25) is 0 Å². The zero-order valence-electron chi connectivity index (χ0n) is 17.5. The number of para-hydroxylation sites is 1. The maximum Gasteiger partial charge on any atom is 0.254 e. The van der Waals surface area contributed by atoms with Crippen LogP contribution in [0.15, 0.2) is 78.9 Å². The summed E-state index contributed by atoms with van der Waals surface area (Å²) < 4.78 is 24.8. The number of benzene rings is 3. The smallest absolute Gasteiger partial charge is 0.254 e. The summed E-state index contributed by atoms with van der Waals surface area (Å²) in [5.74, 6) is 0.637. The summed E-state index contributed by atoms with van der Waals surface area (Å²) in [6.07, 6.45) is 2.25. The Bertz CT molecular complexity index is 1000. The van der Waals surface area contributed by atoms with Crippen molar-refractivity contribution in [2.75, 3.05) is 13.7 Å². The molecule has 3 aromatic rings. The number of carbonyl (C=O) groups is 1. The number of hydrogen-bond acceptors (Lipinski definition) is 3. The lowest BCUT2D eigenvalue weighted by Crippen LogP contribution is -2.41. The number of halogens is 1. The van der Waals surface area contributed by atoms with E-state index in [9.17, 15) is 9.18 Å². The molecule has 1 amide bonds. The fourth-order valence-electron chi connectivity index (χ4n) is 3.85. The first-order valence-electron chi connectivity index (χ1n) is 10.5. The fraction of sp³-hybridized carbons (Fsp3) is 0.269. The van der Waals surface area contributed by atoms with E-state index in [0.717, 1.165) is 18.4 Å². The highest BCUT2D eigenvalue weighted by Crippen LogP contribution is 2.31. The number of carbonyl (C=O) groups excluding carboxylic acids is 1. The Hall–Kier alpha value is -3.18. The van der Waals surface area contributed by atoms with Crippen LogP contribution in [0, 0.1) is 11.7 Å². The molecule has 0 unspecified atom stereocenters. The number of amides is 1. The molecular weight excluding hydrogens is 393 g/mol. The van der Waals surface area contributed by atoms with Gasteiger partial charge in [-0.3, -0.25) is 4.79 Å². The Morgan fingerprint density at radius 1 is 0.968 bits per heavy atom. The Morgan fingerprint density at radius 2 is 1.65 bits per heavy atom. The van der Waals surface area contributed by atoms with Crippen molar-refractivity contribution in [3.8, 4) is 11.5 Å². The number of rotatable bonds is 8. The summed E-state index contributed by atoms with van der Waals surface area (Å²) in [6, 6.07) is 23.1. The zero-order chi connectivity index (χ0) is 21.6. The molecule has 0 aliphatic heterocycles. The van der Waals surface area contributed by atoms with Gasteiger partial charge < -0.3 is 14.4 Å². The lowest BCUT2D eigenvalue weighted by molar-refractivity contribution is -0.0102. The number of methoxy groups -OCH3 is 1. The van der Waals surface area contributed by atoms with Gasteiger partial charge in [0, 0.05) is 25.8 Å². The second-order valence-corrected chi connectivity index (χ2v) is 7.92. The maximum absolute atomic E-state index is 13.8. The van der Waals surface area contributed by atoms with Crippen LogP contribution >= 0.6 is 0 Å². The molecular formula is C26H26FNO3. The number of nitrogens with zero attached hydrogens (tertiary/aromatic N) is 1. The molecule has 4 nitrogen and oxygen atoms in total. The lowest BCUT2D eigenvalue weighted by atomic mass is 9.82. The standard InChI is InChI=1S/C26H26FNO3/c1-30-23-15-20(16-23)18-28(17-19-7-3-2-4-8-19)26(29)21-11-13-22(14-12-21)31-25-10-6-5-9-24(25)27/h2-14,20,23H,15-18H2,1H3. The Morgan fingerprint density at radius 3 is 2.32 bits per heavy atom. The molecule has 0 aromatic heterocycles. The first-order valence-corrected chi connectivity index (χ1v) is 10.5. The summed E-state index contributed by atoms with van der Waals surface area (Å²) in [5, 5.41) is 0. The van der Waals surface area contributed by atoms with Crippen LogP contribution in [-0.4, -0.2) is 30.6 Å². The summed E-state index contributed by atoms with van der Waals surface area (Å²) in [4.78, 5) is 15.2. The van der Waals surface area contributed by atoms with E-state index < -0.39 is 5.82 Å². The predicted octanol–water partition coefficient (Wildman–Crippen LogP) is 5.69. The van der Waals surface area contributed by atoms with Crippen LogP contribution in [-0.2, 0) is 11.3 Å². The Labute approximate surface area is 182 Å². The van der Waals surface area contributed by atoms with Crippen LogP contribution in [0.1, 0.15) is 28.8 Å². The third-order valence-corrected chi connectivity index (χ3v) is 5.67. The van der Waals surface area contributed by atoms with Gasteiger partial charge in [0.15, 0.2) is 11.6 Å². The summed E-state index contributed by atoms with van der Waals surface area (Å²) >= 11 is 0. The third-order valence-electron chi connectivity index (χ3n) is 5.67. The van der Waals surface area contributed by atoms with Crippen molar-refractivity contribution in [2.45, 2.75) is 25.5 Å². The van der Waals surface area contributed by atoms with Crippen molar-refractivity contribution in [1.82, 2.24) is 4.90 Å². The predicted molar refractivity (Wildman–Crippen MR) is 118 cm³/mol. The monoisotopic (exact) mass is 419 g/mol. The molecule has 3 aromatic carbocycles. The summed E-state index contributed by atoms with van der Waals surface area (Å²) in [5.41, 5.74) is 1.68. The van der Waals surface area contributed by atoms with E-state index in [1.165, 1.54) is 6.07 Å². The zero-order valence-corrected chi connectivity index (χ0v) is 17.5. The molecule has 0 spiro atoms. The molecule has 1 saturated carbocycles. The molecule has 0 bridgehead atoms. The molecule has 4 rings (SSSR count). The van der Waals surface area contributed by atoms with E-state index in [2.05, 4.69) is 0 Å². The second-order valence-electron chi connectivity index (χ2n) is 7.92. The fourth-order valence-corrected chi connectivity index (χ4v) is 3.85. The summed E-state index contributed by atoms with van der Waals surface area (Å²) in [6.45, 7) is 1.25. The van der Waals surface area contributed by atoms with Crippen molar-refractivity contribution in [3.63, 3.8) is 0 Å². The molecule has 5 heteroatoms. The van der Waals surface area contributed by atoms with Crippen LogP contribution in [0.25, 0.3) is 0 Å². The van der Waals surface area contributed by atoms with Crippen LogP contribution in [0.4, 0.5) is 4.39 Å². The van der Waals surface area contributed by atoms with Crippen molar-refractivity contribution < 1.29 is 18.7 Å². The van der Waals surface area contributed by atoms with Crippen LogP contribution in [0.3, 0.4) is 0 Å². The average Bonchev–Trinajstić information content (AvgIpc) is 2.77. The Kier molecular flexibility index (Phi) is 6.63. The van der Waals surface area contributed by atoms with E-state index >= 15 is 0 Å². The van der Waals surface area contributed by atoms with Crippen LogP contribution in [0.5, 0.6) is 11.5 Å². The van der Waals surface area contributed by atoms with Gasteiger partial charge in [0.25, 0.3) is 5.91 Å². The highest BCUT2D eigenvalue weighted by Gasteiger charge is 2.32. The first-order chi connectivity index (χ1) is 15.1. The van der Waals surface area contributed by atoms with Crippen molar-refractivity contribution >= 4 is 5.91 Å². The molecule has 0 saturated heterocycles. The van der Waals surface area contributed by atoms with Gasteiger partial charge in [0.1, 0.15) is 5.75 Å². The molecule has 0 heterocycles. The minimum Gasteiger partial charge on any atom is -0.454 e. The molecule has 160 valence electrons. The van der Waals surface area contributed by atoms with E-state index in [-0.39, 0.29) is 11.7 Å². The van der Waals surface area contributed by atoms with Crippen molar-refractivity contribution in [2.24, 2.45) is 5.92 Å². The van der Waals surface area contributed by atoms with Crippen molar-refractivity contribution in [3.05, 3.63) is 95.8 Å². The van der Waals surface area contributed by atoms with Crippen molar-refractivity contribution in [1.29, 1.82) is 0 Å². The lowest BCUT2D eigenvalue weighted by Gasteiger charge is -2.37. The van der Waals surface area contributed by atoms with Gasteiger partial charge in [0.2, 0.25) is 0 Å². The molecule has 1 fully saturated rings. The third kappa shape index (κ3) is 5.30. The molecule has 1 aliphatic carbocycles. The van der Waals surface area contributed by atoms with Gasteiger partial charge in [-0.2, -0.15) is 0 Å². The Balaban J connectivity index is 1.47. The van der Waals surface area contributed by atoms with E-state index in [0.29, 0.717) is 36.4 Å². The first kappa shape index (κ1) is 21.1. The second kappa shape index (κ2) is 9.75. The highest BCUT2D eigenvalue weighted by molar-refractivity contribution is 5.94. The molecule has 1 aliphatic rings. The largest absolute Gasteiger partial charge is 0.454 e. The number of ether oxygens (including phenoxy) is 2. The number of hydrogen-bond donors (Lipinski definition) is 0. The van der Waals surface area contributed by atoms with Gasteiger partial charge in [0.05, 0.1) is 6.10 Å². The highest BCUT2D eigenvalue weighted by atomic mass is 19.1. The molecule has 0 radical (unpaired) electrons. The van der Waals surface area contributed by atoms with Crippen LogP contribution < -0.4 is 4.74 Å². The van der Waals surface area contributed by atoms with Gasteiger partial charge in [-0.15, -0.1) is 0 Å². The van der Waals surface area contributed by atoms with Gasteiger partial charge in [-0.25, -0.2) is 4.39 Å². The SMILES string of the molecule is COC1CC(CN(Cc2ccccc2)C(=O)c2ccc(Oc3ccccc3F)cc2)C1. The minimum atomic E-state index is -0.424. The average molecular weight is 419 g/mol. The normalized spacial score (nSPS) is 17.6. The summed E-state index contributed by atoms with van der Waals surface area (Å²) in [7, 11) is 1.73. The topological polar surface area (TPSA) is 38.8 Å². The maximum atomic E-state index is 13.8. The van der Waals surface area contributed by atoms with E-state index in [4.69, 9.17) is 9.47 Å². The quantitative estimate of drug-likeness (QED) is 0.471. The van der Waals surface area contributed by atoms with Gasteiger partial charge in [-0.05, 0) is 60.7 Å². The van der Waals surface area contributed by atoms with E-state index in [1.54, 1.807) is 49.6 Å². The molecule has 31 heavy (non-hydrogen) atoms. The van der Waals surface area contributed by atoms with Gasteiger partial charge in [-0.1, -0.05) is 42.5 Å². The molecule has 0 N–H and O–H groups in total. The molecule has 0 atom stereocenters. The van der Waals surface area contributed by atoms with Gasteiger partial charge >= 0.3 is 0 Å². The minimum absolute atomic E-state index is 0.0258.